The molecule has 2 saturated carbocycles. The van der Waals surface area contributed by atoms with Crippen LogP contribution in [0.2, 0.25) is 0 Å². The van der Waals surface area contributed by atoms with Crippen molar-refractivity contribution in [2.24, 2.45) is 17.3 Å². The predicted octanol–water partition coefficient (Wildman–Crippen LogP) is 1.77. The van der Waals surface area contributed by atoms with E-state index in [2.05, 4.69) is 15.5 Å². The maximum absolute atomic E-state index is 13.5. The minimum Gasteiger partial charge on any atom is -0.330 e. The van der Waals surface area contributed by atoms with Crippen LogP contribution in [0.25, 0.3) is 0 Å². The third kappa shape index (κ3) is 4.44. The average Bonchev–Trinajstić information content (AvgIpc) is 3.13. The van der Waals surface area contributed by atoms with Crippen molar-refractivity contribution in [1.29, 1.82) is 0 Å². The Balaban J connectivity index is 1.50. The lowest BCUT2D eigenvalue weighted by Crippen LogP contribution is -2.48. The minimum atomic E-state index is -0.545. The Morgan fingerprint density at radius 1 is 1.41 bits per heavy atom. The van der Waals surface area contributed by atoms with Gasteiger partial charge < -0.3 is 10.2 Å². The number of hydroxylamine groups is 2. The molecule has 0 bridgehead atoms. The summed E-state index contributed by atoms with van der Waals surface area (Å²) < 4.78 is 0. The van der Waals surface area contributed by atoms with Crippen molar-refractivity contribution in [1.82, 2.24) is 20.2 Å². The molecular formula is C20H29N5O4. The van der Waals surface area contributed by atoms with Crippen LogP contribution in [0.1, 0.15) is 51.4 Å². The van der Waals surface area contributed by atoms with E-state index in [-0.39, 0.29) is 23.8 Å². The van der Waals surface area contributed by atoms with Crippen molar-refractivity contribution >= 4 is 24.0 Å². The molecule has 1 aromatic heterocycles. The number of hydrogen-bond acceptors (Lipinski definition) is 5. The molecule has 4 rings (SSSR count). The molecule has 1 saturated heterocycles. The van der Waals surface area contributed by atoms with Gasteiger partial charge in [-0.25, -0.2) is 5.06 Å². The topological polar surface area (TPSA) is 119 Å². The summed E-state index contributed by atoms with van der Waals surface area (Å²) >= 11 is 0. The van der Waals surface area contributed by atoms with Gasteiger partial charge in [0, 0.05) is 18.8 Å². The highest BCUT2D eigenvalue weighted by molar-refractivity contribution is 5.97. The second-order valence-electron chi connectivity index (χ2n) is 8.95. The Labute approximate surface area is 169 Å². The number of carbonyl (C=O) groups is 3. The summed E-state index contributed by atoms with van der Waals surface area (Å²) in [6, 6.07) is 1.12. The molecule has 3 amide bonds. The summed E-state index contributed by atoms with van der Waals surface area (Å²) in [5, 5.41) is 19.7. The van der Waals surface area contributed by atoms with E-state index in [1.54, 1.807) is 17.2 Å². The number of aromatic amines is 1. The summed E-state index contributed by atoms with van der Waals surface area (Å²) in [5.74, 6) is -0.00122. The monoisotopic (exact) mass is 403 g/mol. The number of rotatable bonds is 8. The number of hydrogen-bond donors (Lipinski definition) is 3. The van der Waals surface area contributed by atoms with E-state index in [1.807, 2.05) is 0 Å². The highest BCUT2D eigenvalue weighted by Gasteiger charge is 2.55. The molecule has 9 heteroatoms. The van der Waals surface area contributed by atoms with Crippen LogP contribution in [0.4, 0.5) is 5.82 Å². The molecule has 1 aromatic rings. The van der Waals surface area contributed by atoms with Crippen molar-refractivity contribution in [2.75, 3.05) is 18.4 Å². The number of aromatic nitrogens is 2. The quantitative estimate of drug-likeness (QED) is 0.347. The van der Waals surface area contributed by atoms with Gasteiger partial charge in [0.1, 0.15) is 6.04 Å². The van der Waals surface area contributed by atoms with Gasteiger partial charge in [-0.3, -0.25) is 24.7 Å². The van der Waals surface area contributed by atoms with Gasteiger partial charge >= 0.3 is 0 Å². The summed E-state index contributed by atoms with van der Waals surface area (Å²) in [6.45, 7) is 0.536. The number of carbonyl (C=O) groups excluding carboxylic acids is 3. The van der Waals surface area contributed by atoms with Crippen LogP contribution < -0.4 is 5.32 Å². The second-order valence-corrected chi connectivity index (χ2v) is 8.95. The molecule has 158 valence electrons. The number of likely N-dealkylation sites (tertiary alicyclic amines) is 1. The standard InChI is InChI=1S/C20H29N5O4/c26-13-24(29)11-15(9-14-3-1-2-4-14)19(28)25-12-20(6-7-20)10-16(25)18(27)22-17-5-8-21-23-17/h5,8,13-16,29H,1-4,6-7,9-12H2,(H2,21,22,23,27)/t15?,16-/m0/s1. The number of anilines is 1. The molecule has 2 aliphatic carbocycles. The van der Waals surface area contributed by atoms with Crippen LogP contribution in [0.15, 0.2) is 12.3 Å². The van der Waals surface area contributed by atoms with E-state index in [1.165, 1.54) is 0 Å². The predicted molar refractivity (Wildman–Crippen MR) is 104 cm³/mol. The Morgan fingerprint density at radius 2 is 2.17 bits per heavy atom. The van der Waals surface area contributed by atoms with Crippen LogP contribution >= 0.6 is 0 Å². The van der Waals surface area contributed by atoms with Crippen LogP contribution in [-0.2, 0) is 14.4 Å². The zero-order valence-electron chi connectivity index (χ0n) is 16.5. The summed E-state index contributed by atoms with van der Waals surface area (Å²) in [6.07, 6.45) is 9.77. The number of amides is 3. The van der Waals surface area contributed by atoms with Crippen molar-refractivity contribution in [3.63, 3.8) is 0 Å². The van der Waals surface area contributed by atoms with Crippen LogP contribution in [-0.4, -0.2) is 62.7 Å². The van der Waals surface area contributed by atoms with Crippen molar-refractivity contribution in [3.8, 4) is 0 Å². The van der Waals surface area contributed by atoms with Crippen molar-refractivity contribution in [2.45, 2.75) is 57.4 Å². The average molecular weight is 403 g/mol. The van der Waals surface area contributed by atoms with E-state index in [4.69, 9.17) is 0 Å². The summed E-state index contributed by atoms with van der Waals surface area (Å²) in [7, 11) is 0. The van der Waals surface area contributed by atoms with E-state index >= 15 is 0 Å². The maximum atomic E-state index is 13.5. The SMILES string of the molecule is O=CN(O)CC(CC1CCCC1)C(=O)N1CC2(CC2)C[C@H]1C(=O)Nc1cc[nH]n1. The fourth-order valence-corrected chi connectivity index (χ4v) is 5.01. The van der Waals surface area contributed by atoms with Gasteiger partial charge in [0.25, 0.3) is 0 Å². The van der Waals surface area contributed by atoms with Gasteiger partial charge in [-0.05, 0) is 37.0 Å². The molecule has 3 N–H and O–H groups in total. The third-order valence-corrected chi connectivity index (χ3v) is 6.77. The molecule has 3 aliphatic rings. The first-order valence-corrected chi connectivity index (χ1v) is 10.5. The van der Waals surface area contributed by atoms with Crippen molar-refractivity contribution < 1.29 is 19.6 Å². The van der Waals surface area contributed by atoms with Crippen LogP contribution in [0.5, 0.6) is 0 Å². The Kier molecular flexibility index (Phi) is 5.58. The minimum absolute atomic E-state index is 0.0317. The van der Waals surface area contributed by atoms with Gasteiger partial charge in [-0.1, -0.05) is 25.7 Å². The zero-order valence-corrected chi connectivity index (χ0v) is 16.5. The molecule has 9 nitrogen and oxygen atoms in total. The first kappa shape index (κ1) is 19.9. The molecule has 3 fully saturated rings. The van der Waals surface area contributed by atoms with Gasteiger partial charge in [-0.15, -0.1) is 0 Å². The molecule has 1 unspecified atom stereocenters. The first-order chi connectivity index (χ1) is 14.0. The van der Waals surface area contributed by atoms with E-state index in [0.717, 1.165) is 38.5 Å². The smallest absolute Gasteiger partial charge is 0.248 e. The molecule has 0 aromatic carbocycles. The molecule has 2 heterocycles. The second kappa shape index (κ2) is 8.14. The van der Waals surface area contributed by atoms with E-state index in [9.17, 15) is 19.6 Å². The maximum Gasteiger partial charge on any atom is 0.248 e. The van der Waals surface area contributed by atoms with Crippen LogP contribution in [0.3, 0.4) is 0 Å². The van der Waals surface area contributed by atoms with Gasteiger partial charge in [0.2, 0.25) is 18.2 Å². The molecule has 29 heavy (non-hydrogen) atoms. The van der Waals surface area contributed by atoms with Gasteiger partial charge in [0.05, 0.1) is 12.5 Å². The molecule has 2 atom stereocenters. The summed E-state index contributed by atoms with van der Waals surface area (Å²) in [5.41, 5.74) is 0.0463. The van der Waals surface area contributed by atoms with E-state index < -0.39 is 12.0 Å². The van der Waals surface area contributed by atoms with Gasteiger partial charge in [-0.2, -0.15) is 5.10 Å². The molecule has 1 aliphatic heterocycles. The highest BCUT2D eigenvalue weighted by atomic mass is 16.5. The van der Waals surface area contributed by atoms with E-state index in [0.29, 0.717) is 42.6 Å². The number of nitrogens with one attached hydrogen (secondary N) is 2. The lowest BCUT2D eigenvalue weighted by Gasteiger charge is -2.30. The lowest BCUT2D eigenvalue weighted by atomic mass is 9.91. The number of H-pyrrole nitrogens is 1. The first-order valence-electron chi connectivity index (χ1n) is 10.5. The largest absolute Gasteiger partial charge is 0.330 e. The molecular weight excluding hydrogens is 374 g/mol. The lowest BCUT2D eigenvalue weighted by molar-refractivity contribution is -0.158. The third-order valence-electron chi connectivity index (χ3n) is 6.77. The van der Waals surface area contributed by atoms with Gasteiger partial charge in [0.15, 0.2) is 5.82 Å². The Morgan fingerprint density at radius 3 is 2.79 bits per heavy atom. The van der Waals surface area contributed by atoms with Crippen molar-refractivity contribution in [3.05, 3.63) is 12.3 Å². The Bertz CT molecular complexity index is 742. The molecule has 0 radical (unpaired) electrons. The number of nitrogens with zero attached hydrogens (tertiary/aromatic N) is 3. The normalized spacial score (nSPS) is 23.9. The fourth-order valence-electron chi connectivity index (χ4n) is 5.01. The fraction of sp³-hybridized carbons (Fsp3) is 0.700. The Hall–Kier alpha value is -2.42. The zero-order chi connectivity index (χ0) is 20.4. The highest BCUT2D eigenvalue weighted by Crippen LogP contribution is 2.55. The molecule has 1 spiro atoms. The summed E-state index contributed by atoms with van der Waals surface area (Å²) in [4.78, 5) is 39.1. The van der Waals surface area contributed by atoms with Crippen LogP contribution in [0, 0.1) is 17.3 Å².